The van der Waals surface area contributed by atoms with E-state index < -0.39 is 0 Å². The van der Waals surface area contributed by atoms with E-state index >= 15 is 0 Å². The molecule has 0 fully saturated rings. The maximum absolute atomic E-state index is 9.49. The first-order chi connectivity index (χ1) is 14.0. The van der Waals surface area contributed by atoms with Gasteiger partial charge in [-0.3, -0.25) is 0 Å². The molecule has 0 heterocycles. The second-order valence-corrected chi connectivity index (χ2v) is 8.06. The molecule has 154 valence electrons. The highest BCUT2D eigenvalue weighted by atomic mass is 14.9. The van der Waals surface area contributed by atoms with Crippen molar-refractivity contribution in [1.29, 1.82) is 5.26 Å². The van der Waals surface area contributed by atoms with E-state index in [0.29, 0.717) is 12.5 Å². The molecule has 2 aromatic carbocycles. The smallest absolute Gasteiger partial charge is 0.0656 e. The first-order valence-corrected chi connectivity index (χ1v) is 10.7. The summed E-state index contributed by atoms with van der Waals surface area (Å²) < 4.78 is 0. The van der Waals surface area contributed by atoms with Crippen LogP contribution in [0.25, 0.3) is 16.7 Å². The number of nitrogens with one attached hydrogen (secondary N) is 1. The van der Waals surface area contributed by atoms with Crippen molar-refractivity contribution in [3.8, 4) is 17.2 Å². The van der Waals surface area contributed by atoms with Crippen LogP contribution in [0.5, 0.6) is 0 Å². The summed E-state index contributed by atoms with van der Waals surface area (Å²) in [7, 11) is 0. The molecule has 0 spiro atoms. The van der Waals surface area contributed by atoms with Gasteiger partial charge >= 0.3 is 0 Å². The van der Waals surface area contributed by atoms with Crippen LogP contribution >= 0.6 is 0 Å². The van der Waals surface area contributed by atoms with Gasteiger partial charge in [-0.25, -0.2) is 0 Å². The molecule has 3 nitrogen and oxygen atoms in total. The minimum absolute atomic E-state index is 0.0621. The Hall–Kier alpha value is -2.57. The van der Waals surface area contributed by atoms with Gasteiger partial charge in [-0.05, 0) is 86.0 Å². The van der Waals surface area contributed by atoms with Crippen LogP contribution < -0.4 is 11.1 Å². The Kier molecular flexibility index (Phi) is 8.96. The molecule has 3 N–H and O–H groups in total. The van der Waals surface area contributed by atoms with Crippen LogP contribution in [0.2, 0.25) is 0 Å². The van der Waals surface area contributed by atoms with E-state index in [1.807, 2.05) is 6.92 Å². The maximum atomic E-state index is 9.49. The zero-order chi connectivity index (χ0) is 21.2. The van der Waals surface area contributed by atoms with Crippen molar-refractivity contribution in [3.05, 3.63) is 60.2 Å². The lowest BCUT2D eigenvalue weighted by molar-refractivity contribution is 0.392. The fourth-order valence-corrected chi connectivity index (χ4v) is 3.76. The second-order valence-electron chi connectivity index (χ2n) is 8.06. The predicted molar refractivity (Wildman–Crippen MR) is 126 cm³/mol. The van der Waals surface area contributed by atoms with Gasteiger partial charge in [0.05, 0.1) is 6.07 Å². The molecule has 0 amide bonds. The molecule has 0 radical (unpaired) electrons. The number of hydrogen-bond donors (Lipinski definition) is 2. The minimum atomic E-state index is 0.0621. The summed E-state index contributed by atoms with van der Waals surface area (Å²) in [6.07, 6.45) is 3.98. The molecule has 2 rings (SSSR count). The molecule has 2 aromatic rings. The van der Waals surface area contributed by atoms with Crippen LogP contribution in [0.15, 0.2) is 49.0 Å². The number of allylic oxidation sites excluding steroid dienone is 1. The number of nitrogens with zero attached hydrogens (tertiary/aromatic N) is 1. The van der Waals surface area contributed by atoms with Gasteiger partial charge in [0, 0.05) is 18.2 Å². The Morgan fingerprint density at radius 3 is 2.55 bits per heavy atom. The van der Waals surface area contributed by atoms with E-state index in [0.717, 1.165) is 43.5 Å². The third-order valence-electron chi connectivity index (χ3n) is 5.55. The van der Waals surface area contributed by atoms with Crippen LogP contribution in [0, 0.1) is 30.1 Å². The van der Waals surface area contributed by atoms with Crippen molar-refractivity contribution in [3.63, 3.8) is 0 Å². The van der Waals surface area contributed by atoms with Crippen LogP contribution in [0.1, 0.15) is 50.7 Å². The average Bonchev–Trinajstić information content (AvgIpc) is 2.73. The number of hydrogen-bond acceptors (Lipinski definition) is 3. The summed E-state index contributed by atoms with van der Waals surface area (Å²) in [5.74, 6) is 0.521. The predicted octanol–water partition coefficient (Wildman–Crippen LogP) is 6.40. The van der Waals surface area contributed by atoms with Gasteiger partial charge in [0.15, 0.2) is 0 Å². The Balaban J connectivity index is 1.98. The van der Waals surface area contributed by atoms with Crippen molar-refractivity contribution < 1.29 is 0 Å². The molecule has 0 bridgehead atoms. The van der Waals surface area contributed by atoms with E-state index in [2.05, 4.69) is 74.3 Å². The molecule has 0 aliphatic rings. The largest absolute Gasteiger partial charge is 0.385 e. The third-order valence-corrected chi connectivity index (χ3v) is 5.55. The van der Waals surface area contributed by atoms with Crippen LogP contribution in [0.3, 0.4) is 0 Å². The lowest BCUT2D eigenvalue weighted by atomic mass is 9.90. The Morgan fingerprint density at radius 1 is 1.17 bits per heavy atom. The van der Waals surface area contributed by atoms with Crippen molar-refractivity contribution in [2.75, 3.05) is 18.4 Å². The van der Waals surface area contributed by atoms with Crippen molar-refractivity contribution in [2.24, 2.45) is 17.6 Å². The van der Waals surface area contributed by atoms with Crippen molar-refractivity contribution in [2.45, 2.75) is 46.5 Å². The quantitative estimate of drug-likeness (QED) is 0.467. The molecule has 0 aliphatic carbocycles. The Morgan fingerprint density at radius 2 is 1.93 bits per heavy atom. The number of aryl methyl sites for hydroxylation is 1. The zero-order valence-corrected chi connectivity index (χ0v) is 18.2. The lowest BCUT2D eigenvalue weighted by Crippen LogP contribution is -2.19. The number of rotatable bonds is 11. The Labute approximate surface area is 176 Å². The van der Waals surface area contributed by atoms with Gasteiger partial charge in [-0.15, -0.1) is 0 Å². The fraction of sp³-hybridized carbons (Fsp3) is 0.423. The number of nitriles is 1. The van der Waals surface area contributed by atoms with Crippen LogP contribution in [-0.4, -0.2) is 13.1 Å². The summed E-state index contributed by atoms with van der Waals surface area (Å²) in [6, 6.07) is 17.5. The lowest BCUT2D eigenvalue weighted by Gasteiger charge is -2.18. The summed E-state index contributed by atoms with van der Waals surface area (Å²) >= 11 is 0. The minimum Gasteiger partial charge on any atom is -0.385 e. The summed E-state index contributed by atoms with van der Waals surface area (Å²) in [6.45, 7) is 11.8. The molecule has 29 heavy (non-hydrogen) atoms. The van der Waals surface area contributed by atoms with Gasteiger partial charge in [-0.1, -0.05) is 49.8 Å². The molecule has 0 saturated heterocycles. The van der Waals surface area contributed by atoms with Crippen molar-refractivity contribution >= 4 is 11.3 Å². The molecule has 0 saturated carbocycles. The fourth-order valence-electron chi connectivity index (χ4n) is 3.76. The molecular weight excluding hydrogens is 354 g/mol. The molecule has 2 atom stereocenters. The zero-order valence-electron chi connectivity index (χ0n) is 18.2. The number of nitrogens with two attached hydrogens (primary N) is 1. The highest BCUT2D eigenvalue weighted by Crippen LogP contribution is 2.27. The van der Waals surface area contributed by atoms with Crippen LogP contribution in [0.4, 0.5) is 5.69 Å². The normalized spacial score (nSPS) is 12.8. The first kappa shape index (κ1) is 22.7. The van der Waals surface area contributed by atoms with Crippen molar-refractivity contribution in [1.82, 2.24) is 0 Å². The number of anilines is 1. The SMILES string of the molecule is C=C(C)c1cccc(-c2ccc(NCCC(C#N)CC(CN)CCC)c(C)c2)c1. The topological polar surface area (TPSA) is 61.8 Å². The number of benzene rings is 2. The van der Waals surface area contributed by atoms with Crippen LogP contribution in [-0.2, 0) is 0 Å². The summed E-state index contributed by atoms with van der Waals surface area (Å²) in [5.41, 5.74) is 12.9. The van der Waals surface area contributed by atoms with Gasteiger partial charge in [0.2, 0.25) is 0 Å². The van der Waals surface area contributed by atoms with E-state index in [4.69, 9.17) is 5.73 Å². The van der Waals surface area contributed by atoms with Gasteiger partial charge in [0.1, 0.15) is 0 Å². The van der Waals surface area contributed by atoms with Gasteiger partial charge < -0.3 is 11.1 Å². The van der Waals surface area contributed by atoms with Gasteiger partial charge in [-0.2, -0.15) is 5.26 Å². The highest BCUT2D eigenvalue weighted by Gasteiger charge is 2.14. The molecular formula is C26H35N3. The highest BCUT2D eigenvalue weighted by molar-refractivity contribution is 5.73. The monoisotopic (exact) mass is 389 g/mol. The first-order valence-electron chi connectivity index (χ1n) is 10.7. The molecule has 3 heteroatoms. The van der Waals surface area contributed by atoms with E-state index in [9.17, 15) is 5.26 Å². The third kappa shape index (κ3) is 6.76. The molecule has 0 aromatic heterocycles. The average molecular weight is 390 g/mol. The molecule has 0 aliphatic heterocycles. The van der Waals surface area contributed by atoms with E-state index in [1.54, 1.807) is 0 Å². The standard InChI is InChI=1S/C26H35N3/c1-5-7-21(17-27)15-22(18-28)12-13-29-26-11-10-25(14-20(26)4)24-9-6-8-23(16-24)19(2)3/h6,8-11,14,16,21-22,29H,2,5,7,12-13,15,17,27H2,1,3-4H3. The summed E-state index contributed by atoms with van der Waals surface area (Å²) in [5, 5.41) is 13.0. The Bertz CT molecular complexity index is 847. The second kappa shape index (κ2) is 11.4. The van der Waals surface area contributed by atoms with E-state index in [-0.39, 0.29) is 5.92 Å². The maximum Gasteiger partial charge on any atom is 0.0656 e. The van der Waals surface area contributed by atoms with Gasteiger partial charge in [0.25, 0.3) is 0 Å². The summed E-state index contributed by atoms with van der Waals surface area (Å²) in [4.78, 5) is 0. The molecule has 2 unspecified atom stereocenters. The van der Waals surface area contributed by atoms with E-state index in [1.165, 1.54) is 22.3 Å².